The number of nitrogens with zero attached hydrogens (tertiary/aromatic N) is 3. The first-order valence-electron chi connectivity index (χ1n) is 42.7. The molecule has 0 aliphatic carbocycles. The molecular weight excluding hydrogens is 1320 g/mol. The van der Waals surface area contributed by atoms with E-state index in [-0.39, 0.29) is 11.9 Å². The van der Waals surface area contributed by atoms with Crippen molar-refractivity contribution in [2.24, 2.45) is 23.7 Å². The Labute approximate surface area is 644 Å². The van der Waals surface area contributed by atoms with Gasteiger partial charge in [0, 0.05) is 34.4 Å². The standard InChI is InChI=1S/C92H146N6O8/c1-13-21-25-28-31-34-37-40-43-46-58-100-86-61-75(62-87(101-59-47-44-41-38-35-32-29-26-22-14-2)88(86)102-60-48-45-42-39-36-33-30-27-23-15-3)49-50-78-63-83(104-68-72(10)18-6)79(64-82(78)103-67-71(9)17-5)55-56-80-65-85(106-70-74(12)20-8)81(66-84(80)105-69-73(11)19-7)76-51-53-77(54-52-76)89-95-90(93)97-91(96-89)98-92(99)94-57-24-16-4/h49-56,61-66,71-74H,13-48,57-60,67-70H2,1-12H3,(H4,93,94,95,96,97,98,99)/b50-49+,56-55+/t71-,72-,73-,74-/m0/s1. The number of hydrogen-bond acceptors (Lipinski definition) is 12. The molecule has 4 N–H and O–H groups in total. The highest BCUT2D eigenvalue weighted by Gasteiger charge is 2.21. The van der Waals surface area contributed by atoms with Crippen LogP contribution in [-0.2, 0) is 0 Å². The van der Waals surface area contributed by atoms with Crippen LogP contribution in [0.1, 0.15) is 336 Å². The number of carbonyl (C=O) groups excluding carboxylic acids is 1. The lowest BCUT2D eigenvalue weighted by Crippen LogP contribution is -2.30. The quantitative estimate of drug-likeness (QED) is 0.0249. The van der Waals surface area contributed by atoms with Gasteiger partial charge in [-0.2, -0.15) is 15.0 Å². The molecule has 106 heavy (non-hydrogen) atoms. The zero-order valence-electron chi connectivity index (χ0n) is 68.7. The maximum absolute atomic E-state index is 12.7. The van der Waals surface area contributed by atoms with E-state index < -0.39 is 6.03 Å². The number of nitrogens with one attached hydrogen (secondary N) is 2. The first-order valence-corrected chi connectivity index (χ1v) is 42.7. The van der Waals surface area contributed by atoms with E-state index in [2.05, 4.69) is 169 Å². The summed E-state index contributed by atoms with van der Waals surface area (Å²) in [4.78, 5) is 25.9. The molecule has 4 atom stereocenters. The molecule has 0 fully saturated rings. The molecule has 2 amide bonds. The molecular formula is C92H146N6O8. The average Bonchev–Trinajstić information content (AvgIpc) is 0.799. The SMILES string of the molecule is CCCCCCCCCCCCOc1cc(/C=C/c2cc(OC[C@@H](C)CC)c(/C=C/c3cc(OC[C@@H](C)CC)c(-c4ccc(-c5nc(N)nc(NC(=O)NCCCC)n5)cc4)cc3OC[C@@H](C)CC)cc2OC[C@@H](C)CC)cc(OCCCCCCCCCCCC)c1OCCCCCCCCCCCC. The van der Waals surface area contributed by atoms with E-state index in [1.54, 1.807) is 0 Å². The molecule has 5 rings (SSSR count). The summed E-state index contributed by atoms with van der Waals surface area (Å²) in [5.74, 6) is 6.91. The number of rotatable bonds is 62. The van der Waals surface area contributed by atoms with Gasteiger partial charge in [0.2, 0.25) is 17.6 Å². The molecule has 0 bridgehead atoms. The molecule has 4 aromatic carbocycles. The van der Waals surface area contributed by atoms with Crippen LogP contribution in [-0.4, -0.2) is 73.8 Å². The van der Waals surface area contributed by atoms with Crippen LogP contribution in [0.2, 0.25) is 0 Å². The first-order chi connectivity index (χ1) is 51.8. The molecule has 0 saturated carbocycles. The lowest BCUT2D eigenvalue weighted by Gasteiger charge is -2.20. The number of ether oxygens (including phenoxy) is 7. The molecule has 592 valence electrons. The van der Waals surface area contributed by atoms with Crippen LogP contribution >= 0.6 is 0 Å². The second kappa shape index (κ2) is 55.4. The van der Waals surface area contributed by atoms with Gasteiger partial charge in [0.15, 0.2) is 17.3 Å². The van der Waals surface area contributed by atoms with Gasteiger partial charge in [-0.15, -0.1) is 0 Å². The van der Waals surface area contributed by atoms with Crippen molar-refractivity contribution < 1.29 is 38.0 Å². The molecule has 0 spiro atoms. The lowest BCUT2D eigenvalue weighted by atomic mass is 9.99. The molecule has 0 radical (unpaired) electrons. The molecule has 1 heterocycles. The third kappa shape index (κ3) is 36.3. The van der Waals surface area contributed by atoms with Gasteiger partial charge < -0.3 is 44.2 Å². The molecule has 0 aliphatic heterocycles. The Balaban J connectivity index is 1.59. The van der Waals surface area contributed by atoms with Crippen LogP contribution in [0.15, 0.2) is 60.7 Å². The highest BCUT2D eigenvalue weighted by atomic mass is 16.5. The van der Waals surface area contributed by atoms with Gasteiger partial charge in [-0.25, -0.2) is 4.79 Å². The topological polar surface area (TPSA) is 170 Å². The van der Waals surface area contributed by atoms with E-state index in [4.69, 9.17) is 38.9 Å². The number of nitrogens with two attached hydrogens (primary N) is 1. The zero-order chi connectivity index (χ0) is 76.2. The number of urea groups is 1. The van der Waals surface area contributed by atoms with Crippen LogP contribution in [0, 0.1) is 23.7 Å². The minimum absolute atomic E-state index is 0.00262. The van der Waals surface area contributed by atoms with Gasteiger partial charge in [0.1, 0.15) is 23.0 Å². The third-order valence-corrected chi connectivity index (χ3v) is 20.5. The summed E-state index contributed by atoms with van der Waals surface area (Å²) in [6.45, 7) is 31.2. The summed E-state index contributed by atoms with van der Waals surface area (Å²) in [5, 5.41) is 5.56. The lowest BCUT2D eigenvalue weighted by molar-refractivity contribution is 0.234. The number of carbonyl (C=O) groups is 1. The van der Waals surface area contributed by atoms with E-state index in [0.717, 1.165) is 151 Å². The summed E-state index contributed by atoms with van der Waals surface area (Å²) in [6, 6.07) is 20.4. The summed E-state index contributed by atoms with van der Waals surface area (Å²) in [5.41, 5.74) is 12.3. The Morgan fingerprint density at radius 2 is 0.726 bits per heavy atom. The van der Waals surface area contributed by atoms with Crippen molar-refractivity contribution in [1.82, 2.24) is 20.3 Å². The number of aromatic nitrogens is 3. The smallest absolute Gasteiger partial charge is 0.321 e. The van der Waals surface area contributed by atoms with Crippen LogP contribution < -0.4 is 49.5 Å². The number of amides is 2. The second-order valence-electron chi connectivity index (χ2n) is 30.4. The Morgan fingerprint density at radius 3 is 1.13 bits per heavy atom. The minimum atomic E-state index is -0.399. The Bertz CT molecular complexity index is 3160. The van der Waals surface area contributed by atoms with Crippen molar-refractivity contribution in [3.8, 4) is 62.8 Å². The molecule has 0 aliphatic rings. The van der Waals surface area contributed by atoms with Gasteiger partial charge in [0.05, 0.1) is 46.2 Å². The van der Waals surface area contributed by atoms with Crippen molar-refractivity contribution in [1.29, 1.82) is 0 Å². The Kier molecular flexibility index (Phi) is 46.9. The van der Waals surface area contributed by atoms with Gasteiger partial charge in [0.25, 0.3) is 0 Å². The number of benzene rings is 4. The molecule has 1 aromatic heterocycles. The average molecular weight is 1460 g/mol. The minimum Gasteiger partial charge on any atom is -0.493 e. The van der Waals surface area contributed by atoms with Crippen molar-refractivity contribution in [3.05, 3.63) is 82.9 Å². The monoisotopic (exact) mass is 1460 g/mol. The van der Waals surface area contributed by atoms with Crippen LogP contribution in [0.4, 0.5) is 16.7 Å². The summed E-state index contributed by atoms with van der Waals surface area (Å²) in [7, 11) is 0. The summed E-state index contributed by atoms with van der Waals surface area (Å²) < 4.78 is 48.2. The van der Waals surface area contributed by atoms with Crippen molar-refractivity contribution in [3.63, 3.8) is 0 Å². The highest BCUT2D eigenvalue weighted by Crippen LogP contribution is 2.43. The van der Waals surface area contributed by atoms with Gasteiger partial charge >= 0.3 is 6.03 Å². The first kappa shape index (κ1) is 89.7. The normalized spacial score (nSPS) is 12.7. The number of hydrogen-bond donors (Lipinski definition) is 3. The van der Waals surface area contributed by atoms with Crippen molar-refractivity contribution in [2.75, 3.05) is 63.8 Å². The predicted octanol–water partition coefficient (Wildman–Crippen LogP) is 26.6. The predicted molar refractivity (Wildman–Crippen MR) is 450 cm³/mol. The van der Waals surface area contributed by atoms with Crippen molar-refractivity contribution >= 4 is 42.2 Å². The summed E-state index contributed by atoms with van der Waals surface area (Å²) in [6.07, 6.45) is 52.3. The van der Waals surface area contributed by atoms with Crippen LogP contribution in [0.5, 0.6) is 40.2 Å². The second-order valence-corrected chi connectivity index (χ2v) is 30.4. The van der Waals surface area contributed by atoms with Gasteiger partial charge in [-0.3, -0.25) is 5.32 Å². The van der Waals surface area contributed by atoms with Gasteiger partial charge in [-0.05, 0) is 96.9 Å². The fourth-order valence-corrected chi connectivity index (χ4v) is 12.3. The largest absolute Gasteiger partial charge is 0.493 e. The molecule has 0 saturated heterocycles. The van der Waals surface area contributed by atoms with E-state index in [1.165, 1.54) is 154 Å². The third-order valence-electron chi connectivity index (χ3n) is 20.5. The van der Waals surface area contributed by atoms with E-state index in [9.17, 15) is 4.79 Å². The highest BCUT2D eigenvalue weighted by molar-refractivity contribution is 5.88. The summed E-state index contributed by atoms with van der Waals surface area (Å²) >= 11 is 0. The maximum atomic E-state index is 12.7. The number of unbranched alkanes of at least 4 members (excludes halogenated alkanes) is 28. The zero-order valence-corrected chi connectivity index (χ0v) is 68.7. The number of nitrogen functional groups attached to an aromatic ring is 1. The van der Waals surface area contributed by atoms with Crippen LogP contribution in [0.25, 0.3) is 46.8 Å². The molecule has 0 unspecified atom stereocenters. The van der Waals surface area contributed by atoms with Gasteiger partial charge in [-0.1, -0.05) is 337 Å². The molecule has 5 aromatic rings. The fourth-order valence-electron chi connectivity index (χ4n) is 12.3. The Hall–Kier alpha value is -6.96. The molecule has 14 nitrogen and oxygen atoms in total. The van der Waals surface area contributed by atoms with E-state index in [1.807, 2.05) is 24.3 Å². The maximum Gasteiger partial charge on any atom is 0.321 e. The molecule has 14 heteroatoms. The van der Waals surface area contributed by atoms with Crippen molar-refractivity contribution in [2.45, 2.75) is 314 Å². The van der Waals surface area contributed by atoms with E-state index in [0.29, 0.717) is 87.9 Å². The Morgan fingerprint density at radius 1 is 0.377 bits per heavy atom. The van der Waals surface area contributed by atoms with Crippen LogP contribution in [0.3, 0.4) is 0 Å². The fraction of sp³-hybridized carbons (Fsp3) is 0.652. The van der Waals surface area contributed by atoms with E-state index >= 15 is 0 Å². The number of anilines is 2.